The molecule has 2 unspecified atom stereocenters. The fourth-order valence-electron chi connectivity index (χ4n) is 3.17. The van der Waals surface area contributed by atoms with Crippen molar-refractivity contribution in [2.75, 3.05) is 0 Å². The van der Waals surface area contributed by atoms with Crippen LogP contribution < -0.4 is 5.32 Å². The minimum Gasteiger partial charge on any atom is -0.307 e. The Morgan fingerprint density at radius 2 is 1.89 bits per heavy atom. The topological polar surface area (TPSA) is 12.0 Å². The second-order valence-corrected chi connectivity index (χ2v) is 6.77. The lowest BCUT2D eigenvalue weighted by atomic mass is 9.78. The first-order valence-electron chi connectivity index (χ1n) is 7.09. The average Bonchev–Trinajstić information content (AvgIpc) is 2.34. The Balaban J connectivity index is 2.04. The zero-order valence-electron chi connectivity index (χ0n) is 11.6. The average molecular weight is 310 g/mol. The predicted octanol–water partition coefficient (Wildman–Crippen LogP) is 4.92. The molecular weight excluding hydrogens is 286 g/mol. The van der Waals surface area contributed by atoms with E-state index in [2.05, 4.69) is 66.3 Å². The highest BCUT2D eigenvalue weighted by Gasteiger charge is 2.28. The molecule has 0 bridgehead atoms. The van der Waals surface area contributed by atoms with Crippen molar-refractivity contribution in [2.24, 2.45) is 11.8 Å². The van der Waals surface area contributed by atoms with Gasteiger partial charge < -0.3 is 5.32 Å². The lowest BCUT2D eigenvalue weighted by Gasteiger charge is -2.37. The van der Waals surface area contributed by atoms with Crippen molar-refractivity contribution in [2.45, 2.75) is 52.1 Å². The van der Waals surface area contributed by atoms with Crippen LogP contribution in [0.4, 0.5) is 0 Å². The van der Waals surface area contributed by atoms with E-state index in [1.54, 1.807) is 0 Å². The van der Waals surface area contributed by atoms with E-state index in [1.807, 2.05) is 0 Å². The Bertz CT molecular complexity index is 380. The van der Waals surface area contributed by atoms with Gasteiger partial charge in [0.2, 0.25) is 0 Å². The number of hydrogen-bond donors (Lipinski definition) is 1. The Morgan fingerprint density at radius 1 is 1.22 bits per heavy atom. The molecule has 0 saturated heterocycles. The predicted molar refractivity (Wildman–Crippen MR) is 81.7 cm³/mol. The lowest BCUT2D eigenvalue weighted by molar-refractivity contribution is 0.196. The molecule has 0 spiro atoms. The van der Waals surface area contributed by atoms with Crippen LogP contribution in [0.25, 0.3) is 0 Å². The van der Waals surface area contributed by atoms with Crippen LogP contribution in [0.2, 0.25) is 0 Å². The summed E-state index contributed by atoms with van der Waals surface area (Å²) in [5, 5.41) is 3.84. The van der Waals surface area contributed by atoms with Gasteiger partial charge in [0.05, 0.1) is 0 Å². The van der Waals surface area contributed by atoms with Crippen LogP contribution in [0.1, 0.15) is 51.6 Å². The number of hydrogen-bond acceptors (Lipinski definition) is 1. The van der Waals surface area contributed by atoms with E-state index in [4.69, 9.17) is 0 Å². The molecule has 0 heterocycles. The third kappa shape index (κ3) is 3.36. The summed E-state index contributed by atoms with van der Waals surface area (Å²) < 4.78 is 1.17. The summed E-state index contributed by atoms with van der Waals surface area (Å²) in [5.41, 5.74) is 1.37. The van der Waals surface area contributed by atoms with Crippen molar-refractivity contribution in [1.82, 2.24) is 5.32 Å². The van der Waals surface area contributed by atoms with Gasteiger partial charge in [0.25, 0.3) is 0 Å². The van der Waals surface area contributed by atoms with Gasteiger partial charge in [-0.15, -0.1) is 0 Å². The molecule has 2 rings (SSSR count). The van der Waals surface area contributed by atoms with Crippen molar-refractivity contribution in [3.8, 4) is 0 Å². The van der Waals surface area contributed by atoms with Gasteiger partial charge >= 0.3 is 0 Å². The smallest absolute Gasteiger partial charge is 0.0294 e. The normalized spacial score (nSPS) is 30.1. The van der Waals surface area contributed by atoms with E-state index >= 15 is 0 Å². The van der Waals surface area contributed by atoms with Crippen molar-refractivity contribution < 1.29 is 0 Å². The summed E-state index contributed by atoms with van der Waals surface area (Å²) >= 11 is 3.55. The second-order valence-electron chi connectivity index (χ2n) is 5.85. The molecule has 18 heavy (non-hydrogen) atoms. The minimum atomic E-state index is 0.426. The number of halogens is 1. The van der Waals surface area contributed by atoms with Crippen LogP contribution in [-0.4, -0.2) is 6.04 Å². The molecular formula is C16H24BrN. The quantitative estimate of drug-likeness (QED) is 0.835. The maximum absolute atomic E-state index is 3.84. The lowest BCUT2D eigenvalue weighted by Crippen LogP contribution is -2.43. The van der Waals surface area contributed by atoms with Gasteiger partial charge in [0, 0.05) is 16.6 Å². The molecule has 1 aromatic rings. The minimum absolute atomic E-state index is 0.426. The van der Waals surface area contributed by atoms with E-state index in [-0.39, 0.29) is 0 Å². The summed E-state index contributed by atoms with van der Waals surface area (Å²) in [6, 6.07) is 9.72. The molecule has 0 aromatic heterocycles. The molecule has 1 saturated carbocycles. The molecule has 1 N–H and O–H groups in total. The van der Waals surface area contributed by atoms with Crippen LogP contribution in [0.3, 0.4) is 0 Å². The van der Waals surface area contributed by atoms with E-state index in [9.17, 15) is 0 Å². The molecule has 2 heteroatoms. The molecule has 1 nitrogen and oxygen atoms in total. The van der Waals surface area contributed by atoms with Gasteiger partial charge in [0.1, 0.15) is 0 Å². The van der Waals surface area contributed by atoms with E-state index in [1.165, 1.54) is 29.3 Å². The van der Waals surface area contributed by atoms with Gasteiger partial charge in [-0.25, -0.2) is 0 Å². The molecule has 1 aliphatic rings. The fourth-order valence-corrected chi connectivity index (χ4v) is 3.59. The van der Waals surface area contributed by atoms with Crippen LogP contribution in [0.5, 0.6) is 0 Å². The summed E-state index contributed by atoms with van der Waals surface area (Å²) in [5.74, 6) is 1.59. The monoisotopic (exact) mass is 309 g/mol. The molecule has 3 atom stereocenters. The van der Waals surface area contributed by atoms with Gasteiger partial charge in [-0.3, -0.25) is 0 Å². The maximum atomic E-state index is 3.84. The fraction of sp³-hybridized carbons (Fsp3) is 0.625. The van der Waals surface area contributed by atoms with Crippen molar-refractivity contribution in [3.63, 3.8) is 0 Å². The summed E-state index contributed by atoms with van der Waals surface area (Å²) in [4.78, 5) is 0. The Morgan fingerprint density at radius 3 is 2.50 bits per heavy atom. The summed E-state index contributed by atoms with van der Waals surface area (Å²) in [6.07, 6.45) is 4.13. The molecule has 1 fully saturated rings. The number of rotatable bonds is 3. The third-order valence-electron chi connectivity index (χ3n) is 4.34. The zero-order chi connectivity index (χ0) is 13.1. The highest BCUT2D eigenvalue weighted by molar-refractivity contribution is 9.10. The summed E-state index contributed by atoms with van der Waals surface area (Å²) in [6.45, 7) is 7.05. The summed E-state index contributed by atoms with van der Waals surface area (Å²) in [7, 11) is 0. The first-order valence-corrected chi connectivity index (χ1v) is 7.88. The Labute approximate surface area is 119 Å². The molecule has 100 valence electrons. The highest BCUT2D eigenvalue weighted by atomic mass is 79.9. The maximum Gasteiger partial charge on any atom is 0.0294 e. The van der Waals surface area contributed by atoms with Gasteiger partial charge in [-0.2, -0.15) is 0 Å². The van der Waals surface area contributed by atoms with Crippen LogP contribution >= 0.6 is 15.9 Å². The first-order chi connectivity index (χ1) is 8.58. The molecule has 1 aliphatic carbocycles. The third-order valence-corrected chi connectivity index (χ3v) is 4.83. The van der Waals surface area contributed by atoms with E-state index in [0.29, 0.717) is 12.1 Å². The Kier molecular flexibility index (Phi) is 4.85. The Hall–Kier alpha value is -0.340. The van der Waals surface area contributed by atoms with Crippen LogP contribution in [-0.2, 0) is 0 Å². The van der Waals surface area contributed by atoms with Crippen molar-refractivity contribution in [3.05, 3.63) is 34.3 Å². The van der Waals surface area contributed by atoms with E-state index in [0.717, 1.165) is 11.8 Å². The molecule has 0 aliphatic heterocycles. The number of nitrogens with one attached hydrogen (secondary N) is 1. The molecule has 1 aromatic carbocycles. The van der Waals surface area contributed by atoms with Gasteiger partial charge in [-0.05, 0) is 49.3 Å². The standard InChI is InChI=1S/C16H24BrN/c1-11-6-4-7-12(2)16(11)18-13(3)14-8-5-9-15(17)10-14/h5,8-13,16,18H,4,6-7H2,1-3H3/t11?,12?,13-,16?/m0/s1. The van der Waals surface area contributed by atoms with Gasteiger partial charge in [-0.1, -0.05) is 48.3 Å². The zero-order valence-corrected chi connectivity index (χ0v) is 13.2. The molecule has 0 amide bonds. The number of benzene rings is 1. The van der Waals surface area contributed by atoms with Crippen LogP contribution in [0.15, 0.2) is 28.7 Å². The first kappa shape index (κ1) is 14.1. The highest BCUT2D eigenvalue weighted by Crippen LogP contribution is 2.30. The SMILES string of the molecule is CC1CCCC(C)C1N[C@@H](C)c1cccc(Br)c1. The van der Waals surface area contributed by atoms with Gasteiger partial charge in [0.15, 0.2) is 0 Å². The van der Waals surface area contributed by atoms with E-state index < -0.39 is 0 Å². The van der Waals surface area contributed by atoms with Crippen molar-refractivity contribution >= 4 is 15.9 Å². The van der Waals surface area contributed by atoms with Crippen LogP contribution in [0, 0.1) is 11.8 Å². The largest absolute Gasteiger partial charge is 0.307 e. The molecule has 0 radical (unpaired) electrons. The second kappa shape index (κ2) is 6.21. The van der Waals surface area contributed by atoms with Crippen molar-refractivity contribution in [1.29, 1.82) is 0 Å².